The molecule has 1 saturated heterocycles. The number of fused-ring (bicyclic) bond motifs is 1. The van der Waals surface area contributed by atoms with Gasteiger partial charge in [0, 0.05) is 46.5 Å². The average Bonchev–Trinajstić information content (AvgIpc) is 2.68. The number of anilines is 2. The largest absolute Gasteiger partial charge is 0.484 e. The molecule has 2 aliphatic heterocycles. The molecule has 1 unspecified atom stereocenters. The molecule has 0 saturated carbocycles. The van der Waals surface area contributed by atoms with Gasteiger partial charge in [0.25, 0.3) is 0 Å². The second-order valence-corrected chi connectivity index (χ2v) is 6.46. The second kappa shape index (κ2) is 6.76. The summed E-state index contributed by atoms with van der Waals surface area (Å²) in [5.74, 6) is 3.36. The minimum atomic E-state index is -0.0360. The Morgan fingerprint density at radius 3 is 2.56 bits per heavy atom. The van der Waals surface area contributed by atoms with Gasteiger partial charge < -0.3 is 19.3 Å². The maximum absolute atomic E-state index is 6.11. The average molecular weight is 341 g/mol. The van der Waals surface area contributed by atoms with Crippen LogP contribution in [0.3, 0.4) is 0 Å². The Bertz CT molecular complexity index is 731. The third-order valence-electron chi connectivity index (χ3n) is 4.58. The maximum Gasteiger partial charge on any atom is 0.227 e. The molecule has 7 nitrogen and oxygen atoms in total. The van der Waals surface area contributed by atoms with Crippen LogP contribution < -0.4 is 19.3 Å². The molecule has 0 bridgehead atoms. The van der Waals surface area contributed by atoms with Crippen LogP contribution >= 0.6 is 0 Å². The van der Waals surface area contributed by atoms with E-state index in [1.807, 2.05) is 55.5 Å². The Hall–Kier alpha value is -2.54. The van der Waals surface area contributed by atoms with Crippen LogP contribution in [0, 0.1) is 0 Å². The highest BCUT2D eigenvalue weighted by Crippen LogP contribution is 2.32. The third kappa shape index (κ3) is 3.32. The fourth-order valence-corrected chi connectivity index (χ4v) is 3.14. The van der Waals surface area contributed by atoms with Crippen molar-refractivity contribution in [2.45, 2.75) is 6.23 Å². The van der Waals surface area contributed by atoms with Crippen molar-refractivity contribution in [3.63, 3.8) is 0 Å². The molecule has 0 aliphatic carbocycles. The van der Waals surface area contributed by atoms with Crippen LogP contribution in [-0.4, -0.2) is 68.0 Å². The fourth-order valence-electron chi connectivity index (χ4n) is 3.14. The van der Waals surface area contributed by atoms with E-state index in [0.29, 0.717) is 6.61 Å². The number of hydrogen-bond acceptors (Lipinski definition) is 7. The number of para-hydroxylation sites is 2. The summed E-state index contributed by atoms with van der Waals surface area (Å²) in [5.41, 5.74) is 0. The zero-order valence-electron chi connectivity index (χ0n) is 14.6. The first-order chi connectivity index (χ1) is 12.2. The highest BCUT2D eigenvalue weighted by molar-refractivity contribution is 5.43. The van der Waals surface area contributed by atoms with Crippen molar-refractivity contribution in [1.82, 2.24) is 14.9 Å². The van der Waals surface area contributed by atoms with E-state index >= 15 is 0 Å². The smallest absolute Gasteiger partial charge is 0.227 e. The zero-order valence-corrected chi connectivity index (χ0v) is 14.6. The van der Waals surface area contributed by atoms with Crippen LogP contribution in [0.2, 0.25) is 0 Å². The summed E-state index contributed by atoms with van der Waals surface area (Å²) in [6.45, 7) is 4.10. The Kier molecular flexibility index (Phi) is 4.31. The molecule has 3 heterocycles. The van der Waals surface area contributed by atoms with Crippen molar-refractivity contribution >= 4 is 11.8 Å². The Morgan fingerprint density at radius 2 is 1.80 bits per heavy atom. The van der Waals surface area contributed by atoms with Crippen LogP contribution in [-0.2, 0) is 0 Å². The van der Waals surface area contributed by atoms with E-state index in [4.69, 9.17) is 9.47 Å². The molecule has 1 atom stereocenters. The molecule has 4 rings (SSSR count). The van der Waals surface area contributed by atoms with Gasteiger partial charge >= 0.3 is 0 Å². The van der Waals surface area contributed by atoms with Crippen molar-refractivity contribution in [3.05, 3.63) is 36.5 Å². The lowest BCUT2D eigenvalue weighted by Gasteiger charge is -2.40. The minimum absolute atomic E-state index is 0.0360. The van der Waals surface area contributed by atoms with Gasteiger partial charge in [0.05, 0.1) is 0 Å². The van der Waals surface area contributed by atoms with Crippen molar-refractivity contribution in [2.75, 3.05) is 56.7 Å². The van der Waals surface area contributed by atoms with Gasteiger partial charge in [-0.1, -0.05) is 12.1 Å². The van der Waals surface area contributed by atoms with Crippen molar-refractivity contribution in [1.29, 1.82) is 0 Å². The summed E-state index contributed by atoms with van der Waals surface area (Å²) in [5, 5.41) is 0. The quantitative estimate of drug-likeness (QED) is 0.838. The van der Waals surface area contributed by atoms with Gasteiger partial charge in [-0.05, 0) is 18.2 Å². The lowest BCUT2D eigenvalue weighted by atomic mass is 10.2. The van der Waals surface area contributed by atoms with Crippen LogP contribution in [0.4, 0.5) is 11.8 Å². The number of piperazine rings is 1. The highest BCUT2D eigenvalue weighted by atomic mass is 16.6. The summed E-state index contributed by atoms with van der Waals surface area (Å²) >= 11 is 0. The summed E-state index contributed by atoms with van der Waals surface area (Å²) < 4.78 is 11.9. The molecule has 0 amide bonds. The van der Waals surface area contributed by atoms with Crippen molar-refractivity contribution < 1.29 is 9.47 Å². The van der Waals surface area contributed by atoms with Gasteiger partial charge in [0.15, 0.2) is 17.7 Å². The predicted octanol–water partition coefficient (Wildman–Crippen LogP) is 1.46. The first kappa shape index (κ1) is 16.0. The molecule has 1 fully saturated rings. The molecule has 2 aliphatic rings. The summed E-state index contributed by atoms with van der Waals surface area (Å²) in [7, 11) is 3.98. The van der Waals surface area contributed by atoms with E-state index in [9.17, 15) is 0 Å². The fraction of sp³-hybridized carbons (Fsp3) is 0.444. The molecule has 2 aromatic rings. The third-order valence-corrected chi connectivity index (χ3v) is 4.58. The molecule has 1 aromatic heterocycles. The maximum atomic E-state index is 6.11. The van der Waals surface area contributed by atoms with Crippen LogP contribution in [0.25, 0.3) is 0 Å². The Morgan fingerprint density at radius 1 is 1.04 bits per heavy atom. The molecule has 1 aromatic carbocycles. The zero-order chi connectivity index (χ0) is 17.2. The molecular weight excluding hydrogens is 318 g/mol. The monoisotopic (exact) mass is 341 g/mol. The SMILES string of the molecule is CN(C)c1ccnc(N2CCN(C3COc4ccccc4O3)CC2)n1. The predicted molar refractivity (Wildman–Crippen MR) is 96.5 cm³/mol. The summed E-state index contributed by atoms with van der Waals surface area (Å²) in [6.07, 6.45) is 1.78. The highest BCUT2D eigenvalue weighted by Gasteiger charge is 2.30. The van der Waals surface area contributed by atoms with E-state index in [0.717, 1.165) is 49.4 Å². The van der Waals surface area contributed by atoms with E-state index in [1.54, 1.807) is 0 Å². The van der Waals surface area contributed by atoms with Crippen molar-refractivity contribution in [3.8, 4) is 11.5 Å². The van der Waals surface area contributed by atoms with Gasteiger partial charge in [0.1, 0.15) is 12.4 Å². The standard InChI is InChI=1S/C18H23N5O2/c1-21(2)16-7-8-19-18(20-16)23-11-9-22(10-12-23)17-13-24-14-5-3-4-6-15(14)25-17/h3-8,17H,9-13H2,1-2H3. The van der Waals surface area contributed by atoms with E-state index in [-0.39, 0.29) is 6.23 Å². The van der Waals surface area contributed by atoms with E-state index in [1.165, 1.54) is 0 Å². The van der Waals surface area contributed by atoms with E-state index in [2.05, 4.69) is 19.8 Å². The minimum Gasteiger partial charge on any atom is -0.484 e. The number of rotatable bonds is 3. The first-order valence-corrected chi connectivity index (χ1v) is 8.58. The molecule has 0 spiro atoms. The molecule has 0 N–H and O–H groups in total. The molecule has 0 radical (unpaired) electrons. The van der Waals surface area contributed by atoms with Gasteiger partial charge in [-0.2, -0.15) is 4.98 Å². The summed E-state index contributed by atoms with van der Waals surface area (Å²) in [4.78, 5) is 15.6. The van der Waals surface area contributed by atoms with Gasteiger partial charge in [-0.15, -0.1) is 0 Å². The topological polar surface area (TPSA) is 54.0 Å². The molecular formula is C18H23N5O2. The molecule has 25 heavy (non-hydrogen) atoms. The lowest BCUT2D eigenvalue weighted by molar-refractivity contribution is -0.0314. The van der Waals surface area contributed by atoms with Crippen LogP contribution in [0.15, 0.2) is 36.5 Å². The van der Waals surface area contributed by atoms with Gasteiger partial charge in [-0.25, -0.2) is 4.98 Å². The van der Waals surface area contributed by atoms with Crippen LogP contribution in [0.5, 0.6) is 11.5 Å². The summed E-state index contributed by atoms with van der Waals surface area (Å²) in [6, 6.07) is 9.75. The van der Waals surface area contributed by atoms with Crippen molar-refractivity contribution in [2.24, 2.45) is 0 Å². The number of ether oxygens (including phenoxy) is 2. The molecule has 7 heteroatoms. The lowest BCUT2D eigenvalue weighted by Crippen LogP contribution is -2.55. The number of hydrogen-bond donors (Lipinski definition) is 0. The first-order valence-electron chi connectivity index (χ1n) is 8.58. The normalized spacial score (nSPS) is 20.4. The van der Waals surface area contributed by atoms with Gasteiger partial charge in [-0.3, -0.25) is 4.90 Å². The van der Waals surface area contributed by atoms with Crippen LogP contribution in [0.1, 0.15) is 0 Å². The Labute approximate surface area is 147 Å². The second-order valence-electron chi connectivity index (χ2n) is 6.46. The number of aromatic nitrogens is 2. The Balaban J connectivity index is 1.38. The number of benzene rings is 1. The molecule has 132 valence electrons. The van der Waals surface area contributed by atoms with E-state index < -0.39 is 0 Å². The number of nitrogens with zero attached hydrogens (tertiary/aromatic N) is 5. The van der Waals surface area contributed by atoms with Gasteiger partial charge in [0.2, 0.25) is 5.95 Å².